The minimum atomic E-state index is -0.157. The van der Waals surface area contributed by atoms with Gasteiger partial charge in [0.1, 0.15) is 11.5 Å². The van der Waals surface area contributed by atoms with E-state index in [1.165, 1.54) is 5.56 Å². The predicted octanol–water partition coefficient (Wildman–Crippen LogP) is 5.13. The Labute approximate surface area is 147 Å². The summed E-state index contributed by atoms with van der Waals surface area (Å²) in [4.78, 5) is 12.4. The van der Waals surface area contributed by atoms with Crippen molar-refractivity contribution in [2.45, 2.75) is 33.1 Å². The largest absolute Gasteiger partial charge is 0.465 e. The number of hydrogen-bond acceptors (Lipinski definition) is 2. The van der Waals surface area contributed by atoms with E-state index in [2.05, 4.69) is 63.2 Å². The number of aryl methyl sites for hydroxylation is 2. The molecule has 0 unspecified atom stereocenters. The Hall–Kier alpha value is -1.07. The quantitative estimate of drug-likeness (QED) is 0.733. The van der Waals surface area contributed by atoms with Crippen molar-refractivity contribution in [1.29, 1.82) is 0 Å². The highest BCUT2D eigenvalue weighted by Crippen LogP contribution is 2.28. The van der Waals surface area contributed by atoms with E-state index in [1.807, 2.05) is 19.1 Å². The van der Waals surface area contributed by atoms with Crippen LogP contribution < -0.4 is 5.32 Å². The lowest BCUT2D eigenvalue weighted by atomic mass is 9.84. The topological polar surface area (TPSA) is 42.2 Å². The number of furan rings is 1. The Morgan fingerprint density at radius 1 is 1.14 bits per heavy atom. The summed E-state index contributed by atoms with van der Waals surface area (Å²) >= 11 is 6.85. The van der Waals surface area contributed by atoms with Crippen LogP contribution in [0.1, 0.15) is 41.3 Å². The molecular formula is C17H19Br2NO2. The van der Waals surface area contributed by atoms with Crippen LogP contribution in [0.15, 0.2) is 37.6 Å². The van der Waals surface area contributed by atoms with Crippen molar-refractivity contribution in [2.75, 3.05) is 6.54 Å². The van der Waals surface area contributed by atoms with Gasteiger partial charge in [-0.25, -0.2) is 0 Å². The first kappa shape index (κ1) is 17.3. The summed E-state index contributed by atoms with van der Waals surface area (Å²) in [6, 6.07) is 8.16. The van der Waals surface area contributed by atoms with Crippen LogP contribution in [0, 0.1) is 13.8 Å². The zero-order valence-corrected chi connectivity index (χ0v) is 16.3. The van der Waals surface area contributed by atoms with E-state index in [1.54, 1.807) is 6.92 Å². The fourth-order valence-corrected chi connectivity index (χ4v) is 3.11. The molecule has 118 valence electrons. The Morgan fingerprint density at radius 3 is 2.23 bits per heavy atom. The first-order valence-electron chi connectivity index (χ1n) is 7.02. The summed E-state index contributed by atoms with van der Waals surface area (Å²) < 4.78 is 7.25. The highest BCUT2D eigenvalue weighted by molar-refractivity contribution is 9.10. The molecule has 2 aromatic rings. The number of hydrogen-bond donors (Lipinski definition) is 1. The molecule has 0 radical (unpaired) electrons. The third-order valence-electron chi connectivity index (χ3n) is 3.73. The summed E-state index contributed by atoms with van der Waals surface area (Å²) in [5.74, 6) is 1.23. The van der Waals surface area contributed by atoms with Gasteiger partial charge in [0.25, 0.3) is 5.91 Å². The van der Waals surface area contributed by atoms with Crippen molar-refractivity contribution in [1.82, 2.24) is 5.32 Å². The van der Waals surface area contributed by atoms with Crippen LogP contribution in [0.4, 0.5) is 0 Å². The van der Waals surface area contributed by atoms with Gasteiger partial charge in [0.05, 0.1) is 10.0 Å². The van der Waals surface area contributed by atoms with Crippen LogP contribution in [0.25, 0.3) is 0 Å². The predicted molar refractivity (Wildman–Crippen MR) is 95.4 cm³/mol. The van der Waals surface area contributed by atoms with Crippen molar-refractivity contribution >= 4 is 37.8 Å². The maximum absolute atomic E-state index is 12.4. The molecule has 0 fully saturated rings. The third-order valence-corrected chi connectivity index (χ3v) is 5.21. The summed E-state index contributed by atoms with van der Waals surface area (Å²) in [5, 5.41) is 3.01. The SMILES string of the molecule is Cc1oc(C)c(C(=O)NCC(C)(C)c2ccc(Br)cc2)c1Br. The fraction of sp³-hybridized carbons (Fsp3) is 0.353. The van der Waals surface area contributed by atoms with Crippen LogP contribution in [-0.4, -0.2) is 12.5 Å². The lowest BCUT2D eigenvalue weighted by molar-refractivity contribution is 0.0943. The molecule has 1 amide bonds. The lowest BCUT2D eigenvalue weighted by Crippen LogP contribution is -2.36. The zero-order chi connectivity index (χ0) is 16.5. The van der Waals surface area contributed by atoms with Crippen LogP contribution >= 0.6 is 31.9 Å². The molecule has 1 heterocycles. The molecule has 5 heteroatoms. The first-order valence-corrected chi connectivity index (χ1v) is 8.60. The van der Waals surface area contributed by atoms with Crippen LogP contribution in [-0.2, 0) is 5.41 Å². The molecule has 0 saturated heterocycles. The molecule has 0 aliphatic rings. The maximum atomic E-state index is 12.4. The van der Waals surface area contributed by atoms with Crippen LogP contribution in [0.3, 0.4) is 0 Å². The standard InChI is InChI=1S/C17H19Br2NO2/c1-10-14(15(19)11(2)22-10)16(21)20-9-17(3,4)12-5-7-13(18)8-6-12/h5-8H,9H2,1-4H3,(H,20,21). The van der Waals surface area contributed by atoms with Gasteiger partial charge in [-0.3, -0.25) is 4.79 Å². The number of benzene rings is 1. The van der Waals surface area contributed by atoms with E-state index in [9.17, 15) is 4.79 Å². The number of carbonyl (C=O) groups is 1. The van der Waals surface area contributed by atoms with E-state index >= 15 is 0 Å². The maximum Gasteiger partial charge on any atom is 0.256 e. The van der Waals surface area contributed by atoms with Crippen LogP contribution in [0.2, 0.25) is 0 Å². The van der Waals surface area contributed by atoms with Gasteiger partial charge in [-0.15, -0.1) is 0 Å². The molecule has 1 aromatic heterocycles. The van der Waals surface area contributed by atoms with Gasteiger partial charge in [0.2, 0.25) is 0 Å². The highest BCUT2D eigenvalue weighted by atomic mass is 79.9. The van der Waals surface area contributed by atoms with Gasteiger partial charge in [-0.1, -0.05) is 41.9 Å². The smallest absolute Gasteiger partial charge is 0.256 e. The monoisotopic (exact) mass is 427 g/mol. The second-order valence-electron chi connectivity index (χ2n) is 5.98. The summed E-state index contributed by atoms with van der Waals surface area (Å²) in [6.45, 7) is 8.40. The molecule has 0 atom stereocenters. The summed E-state index contributed by atoms with van der Waals surface area (Å²) in [6.07, 6.45) is 0. The fourth-order valence-electron chi connectivity index (χ4n) is 2.31. The third kappa shape index (κ3) is 3.63. The van der Waals surface area contributed by atoms with E-state index in [0.717, 1.165) is 14.7 Å². The van der Waals surface area contributed by atoms with E-state index in [0.29, 0.717) is 17.9 Å². The molecule has 2 rings (SSSR count). The van der Waals surface area contributed by atoms with Crippen molar-refractivity contribution in [3.63, 3.8) is 0 Å². The molecule has 0 spiro atoms. The van der Waals surface area contributed by atoms with Crippen molar-refractivity contribution < 1.29 is 9.21 Å². The highest BCUT2D eigenvalue weighted by Gasteiger charge is 2.24. The molecule has 3 nitrogen and oxygen atoms in total. The van der Waals surface area contributed by atoms with Gasteiger partial charge in [0.15, 0.2) is 0 Å². The molecule has 0 saturated carbocycles. The van der Waals surface area contributed by atoms with Gasteiger partial charge in [-0.2, -0.15) is 0 Å². The van der Waals surface area contributed by atoms with Gasteiger partial charge in [0, 0.05) is 16.4 Å². The van der Waals surface area contributed by atoms with Crippen molar-refractivity contribution in [3.8, 4) is 0 Å². The summed E-state index contributed by atoms with van der Waals surface area (Å²) in [7, 11) is 0. The van der Waals surface area contributed by atoms with Crippen molar-refractivity contribution in [2.24, 2.45) is 0 Å². The average Bonchev–Trinajstić information content (AvgIpc) is 2.70. The lowest BCUT2D eigenvalue weighted by Gasteiger charge is -2.25. The van der Waals surface area contributed by atoms with E-state index < -0.39 is 0 Å². The molecule has 22 heavy (non-hydrogen) atoms. The number of rotatable bonds is 4. The second kappa shape index (κ2) is 6.59. The van der Waals surface area contributed by atoms with Gasteiger partial charge in [-0.05, 0) is 47.5 Å². The number of halogens is 2. The minimum Gasteiger partial charge on any atom is -0.465 e. The molecule has 0 bridgehead atoms. The number of carbonyl (C=O) groups excluding carboxylic acids is 1. The van der Waals surface area contributed by atoms with Crippen molar-refractivity contribution in [3.05, 3.63) is 55.9 Å². The molecule has 1 N–H and O–H groups in total. The normalized spacial score (nSPS) is 11.5. The van der Waals surface area contributed by atoms with Gasteiger partial charge < -0.3 is 9.73 Å². The Bertz CT molecular complexity index is 687. The number of amides is 1. The van der Waals surface area contributed by atoms with Crippen LogP contribution in [0.5, 0.6) is 0 Å². The van der Waals surface area contributed by atoms with E-state index in [-0.39, 0.29) is 11.3 Å². The Morgan fingerprint density at radius 2 is 1.73 bits per heavy atom. The molecule has 0 aliphatic heterocycles. The number of nitrogens with one attached hydrogen (secondary N) is 1. The second-order valence-corrected chi connectivity index (χ2v) is 7.69. The molecule has 1 aromatic carbocycles. The molecule has 0 aliphatic carbocycles. The molecular weight excluding hydrogens is 410 g/mol. The Balaban J connectivity index is 2.11. The van der Waals surface area contributed by atoms with Gasteiger partial charge >= 0.3 is 0 Å². The first-order chi connectivity index (χ1) is 10.2. The Kier molecular flexibility index (Phi) is 5.17. The minimum absolute atomic E-state index is 0.119. The zero-order valence-electron chi connectivity index (χ0n) is 13.1. The van der Waals surface area contributed by atoms with E-state index in [4.69, 9.17) is 4.42 Å². The average molecular weight is 429 g/mol. The summed E-state index contributed by atoms with van der Waals surface area (Å²) in [5.41, 5.74) is 1.59.